The van der Waals surface area contributed by atoms with E-state index in [-0.39, 0.29) is 22.3 Å². The van der Waals surface area contributed by atoms with Crippen LogP contribution in [-0.4, -0.2) is 54.5 Å². The summed E-state index contributed by atoms with van der Waals surface area (Å²) in [7, 11) is 0.232. The summed E-state index contributed by atoms with van der Waals surface area (Å²) in [6.45, 7) is 23.9. The molecule has 2 aliphatic rings. The van der Waals surface area contributed by atoms with Gasteiger partial charge in [-0.15, -0.1) is 0 Å². The summed E-state index contributed by atoms with van der Waals surface area (Å²) in [4.78, 5) is 0. The molecule has 0 aliphatic carbocycles. The van der Waals surface area contributed by atoms with Gasteiger partial charge in [-0.05, 0) is 72.9 Å². The fourth-order valence-corrected chi connectivity index (χ4v) is 13.0. The molecule has 0 fully saturated rings. The molecular weight excluding hydrogens is 545 g/mol. The molecule has 0 bridgehead atoms. The Morgan fingerprint density at radius 2 is 1.00 bits per heavy atom. The van der Waals surface area contributed by atoms with E-state index in [0.717, 1.165) is 48.7 Å². The van der Waals surface area contributed by atoms with Crippen molar-refractivity contribution in [1.29, 1.82) is 0 Å². The van der Waals surface area contributed by atoms with Gasteiger partial charge >= 0.3 is 0 Å². The largest absolute Gasteiger partial charge is 0.493 e. The molecule has 2 aromatic carbocycles. The lowest BCUT2D eigenvalue weighted by Crippen LogP contribution is -2.69. The van der Waals surface area contributed by atoms with E-state index in [1.165, 1.54) is 11.1 Å². The number of methoxy groups -OCH3 is 2. The molecule has 4 unspecified atom stereocenters. The third-order valence-corrected chi connectivity index (χ3v) is 20.1. The highest BCUT2D eigenvalue weighted by molar-refractivity contribution is 6.65. The molecule has 0 saturated heterocycles. The van der Waals surface area contributed by atoms with Crippen LogP contribution in [0.1, 0.15) is 79.4 Å². The van der Waals surface area contributed by atoms with Crippen LogP contribution in [0.25, 0.3) is 0 Å². The molecule has 5 nitrogen and oxygen atoms in total. The fourth-order valence-electron chi connectivity index (χ4n) is 6.95. The van der Waals surface area contributed by atoms with E-state index in [9.17, 15) is 0 Å². The SMILES string of the molecule is COc1cccc2c1O[C@@H](C(C)(OC(C)([C@H]1CCc3cccc(OC)c3O1)[SiH](C)C(C)(C)C)[SiH](C)C(C)(C)C)CC2. The minimum absolute atomic E-state index is 0.0712. The van der Waals surface area contributed by atoms with Crippen molar-refractivity contribution in [2.75, 3.05) is 14.2 Å². The number of para-hydroxylation sites is 2. The Kier molecular flexibility index (Phi) is 9.05. The summed E-state index contributed by atoms with van der Waals surface area (Å²) >= 11 is 0. The van der Waals surface area contributed by atoms with Crippen LogP contribution in [0.2, 0.25) is 23.2 Å². The first kappa shape index (κ1) is 32.0. The molecule has 0 saturated carbocycles. The molecule has 2 aromatic rings. The van der Waals surface area contributed by atoms with Gasteiger partial charge in [0, 0.05) is 0 Å². The van der Waals surface area contributed by atoms with E-state index < -0.39 is 28.0 Å². The second-order valence-electron chi connectivity index (χ2n) is 14.8. The van der Waals surface area contributed by atoms with Gasteiger partial charge in [0.15, 0.2) is 23.0 Å². The van der Waals surface area contributed by atoms with Gasteiger partial charge in [0.05, 0.1) is 42.3 Å². The first-order chi connectivity index (χ1) is 19.1. The van der Waals surface area contributed by atoms with Gasteiger partial charge in [0.1, 0.15) is 12.2 Å². The van der Waals surface area contributed by atoms with Crippen LogP contribution in [-0.2, 0) is 17.6 Å². The van der Waals surface area contributed by atoms with Crippen LogP contribution in [0.4, 0.5) is 0 Å². The van der Waals surface area contributed by atoms with E-state index in [2.05, 4.69) is 92.7 Å². The van der Waals surface area contributed by atoms with Crippen LogP contribution in [0.3, 0.4) is 0 Å². The maximum Gasteiger partial charge on any atom is 0.164 e. The van der Waals surface area contributed by atoms with Crippen molar-refractivity contribution < 1.29 is 23.7 Å². The predicted octanol–water partition coefficient (Wildman–Crippen LogP) is 7.72. The molecule has 0 amide bonds. The number of fused-ring (bicyclic) bond motifs is 2. The summed E-state index contributed by atoms with van der Waals surface area (Å²) in [6.07, 6.45) is 3.61. The maximum atomic E-state index is 7.85. The van der Waals surface area contributed by atoms with Gasteiger partial charge in [-0.3, -0.25) is 0 Å². The van der Waals surface area contributed by atoms with Crippen LogP contribution in [0, 0.1) is 0 Å². The molecule has 41 heavy (non-hydrogen) atoms. The normalized spacial score (nSPS) is 23.4. The molecule has 6 atom stereocenters. The molecule has 0 spiro atoms. The molecule has 0 aromatic heterocycles. The highest BCUT2D eigenvalue weighted by Gasteiger charge is 2.57. The van der Waals surface area contributed by atoms with Gasteiger partial charge in [0.25, 0.3) is 0 Å². The van der Waals surface area contributed by atoms with Crippen molar-refractivity contribution in [3.05, 3.63) is 47.5 Å². The summed E-state index contributed by atoms with van der Waals surface area (Å²) in [5, 5.41) is -0.614. The van der Waals surface area contributed by atoms with Crippen molar-refractivity contribution in [1.82, 2.24) is 0 Å². The average Bonchev–Trinajstić information content (AvgIpc) is 2.93. The molecule has 0 radical (unpaired) electrons. The van der Waals surface area contributed by atoms with Crippen molar-refractivity contribution in [2.45, 2.75) is 127 Å². The first-order valence-corrected chi connectivity index (χ1v) is 20.0. The van der Waals surface area contributed by atoms with E-state index in [1.54, 1.807) is 14.2 Å². The van der Waals surface area contributed by atoms with E-state index in [4.69, 9.17) is 23.7 Å². The summed E-state index contributed by atoms with van der Waals surface area (Å²) in [5.41, 5.74) is 2.43. The van der Waals surface area contributed by atoms with Crippen LogP contribution < -0.4 is 18.9 Å². The molecule has 2 heterocycles. The Morgan fingerprint density at radius 3 is 1.32 bits per heavy atom. The first-order valence-electron chi connectivity index (χ1n) is 15.4. The zero-order valence-corrected chi connectivity index (χ0v) is 30.0. The number of aryl methyl sites for hydroxylation is 2. The standard InChI is InChI=1S/C34H54O5Si2/c1-31(2,3)40(11)33(7,27-21-19-23-15-13-17-25(35-9)29(23)37-27)39-34(8,41(12)32(4,5)6)28-22-20-24-16-14-18-26(36-10)30(24)38-28/h13-18,27-28,40-41H,19-22H2,1-12H3/t27-,28-,33?,34?,40?,41?/m1/s1. The monoisotopic (exact) mass is 598 g/mol. The van der Waals surface area contributed by atoms with Gasteiger partial charge < -0.3 is 23.7 Å². The minimum atomic E-state index is -1.61. The van der Waals surface area contributed by atoms with Gasteiger partial charge in [-0.25, -0.2) is 0 Å². The van der Waals surface area contributed by atoms with Crippen LogP contribution >= 0.6 is 0 Å². The van der Waals surface area contributed by atoms with Gasteiger partial charge in [-0.1, -0.05) is 78.9 Å². The summed E-state index contributed by atoms with van der Waals surface area (Å²) < 4.78 is 33.3. The van der Waals surface area contributed by atoms with Crippen LogP contribution in [0.5, 0.6) is 23.0 Å². The van der Waals surface area contributed by atoms with Crippen molar-refractivity contribution >= 4 is 17.6 Å². The van der Waals surface area contributed by atoms with E-state index in [0.29, 0.717) is 0 Å². The third-order valence-electron chi connectivity index (χ3n) is 10.5. The topological polar surface area (TPSA) is 46.2 Å². The Balaban J connectivity index is 1.81. The molecule has 4 rings (SSSR count). The van der Waals surface area contributed by atoms with Crippen molar-refractivity contribution in [2.24, 2.45) is 0 Å². The van der Waals surface area contributed by atoms with E-state index >= 15 is 0 Å². The smallest absolute Gasteiger partial charge is 0.164 e. The second-order valence-corrected chi connectivity index (χ2v) is 23.5. The maximum absolute atomic E-state index is 7.85. The number of hydrogen-bond donors (Lipinski definition) is 0. The molecule has 0 N–H and O–H groups in total. The molecule has 228 valence electrons. The lowest BCUT2D eigenvalue weighted by atomic mass is 9.97. The Hall–Kier alpha value is -1.97. The molecule has 7 heteroatoms. The molecule has 2 aliphatic heterocycles. The van der Waals surface area contributed by atoms with Crippen molar-refractivity contribution in [3.63, 3.8) is 0 Å². The van der Waals surface area contributed by atoms with Gasteiger partial charge in [-0.2, -0.15) is 0 Å². The second kappa shape index (κ2) is 11.6. The Labute approximate surface area is 252 Å². The van der Waals surface area contributed by atoms with Gasteiger partial charge in [0.2, 0.25) is 0 Å². The lowest BCUT2D eigenvalue weighted by molar-refractivity contribution is -0.150. The number of ether oxygens (including phenoxy) is 5. The zero-order valence-electron chi connectivity index (χ0n) is 27.6. The Bertz CT molecular complexity index is 1100. The average molecular weight is 599 g/mol. The number of benzene rings is 2. The Morgan fingerprint density at radius 1 is 0.634 bits per heavy atom. The van der Waals surface area contributed by atoms with Crippen molar-refractivity contribution in [3.8, 4) is 23.0 Å². The minimum Gasteiger partial charge on any atom is -0.493 e. The predicted molar refractivity (Wildman–Crippen MR) is 175 cm³/mol. The van der Waals surface area contributed by atoms with E-state index in [1.807, 2.05) is 12.1 Å². The third kappa shape index (κ3) is 6.09. The fraction of sp³-hybridized carbons (Fsp3) is 0.647. The highest BCUT2D eigenvalue weighted by atomic mass is 28.3. The molecular formula is C34H54O5Si2. The number of hydrogen-bond acceptors (Lipinski definition) is 5. The quantitative estimate of drug-likeness (QED) is 0.291. The lowest BCUT2D eigenvalue weighted by Gasteiger charge is -2.56. The van der Waals surface area contributed by atoms with Crippen LogP contribution in [0.15, 0.2) is 36.4 Å². The summed E-state index contributed by atoms with van der Waals surface area (Å²) in [5.74, 6) is 3.37. The highest BCUT2D eigenvalue weighted by Crippen LogP contribution is 2.50. The number of rotatable bonds is 8. The summed E-state index contributed by atoms with van der Waals surface area (Å²) in [6, 6.07) is 12.5. The zero-order chi connectivity index (χ0) is 30.4.